The van der Waals surface area contributed by atoms with E-state index in [2.05, 4.69) is 0 Å². The molecular weight excluding hydrogens is 368 g/mol. The molecule has 6 heteroatoms. The molecule has 0 heterocycles. The third kappa shape index (κ3) is 4.75. The molecule has 6 nitrogen and oxygen atoms in total. The van der Waals surface area contributed by atoms with E-state index < -0.39 is 18.5 Å². The Bertz CT molecular complexity index is 1000. The first-order valence-corrected chi connectivity index (χ1v) is 9.04. The van der Waals surface area contributed by atoms with Gasteiger partial charge in [-0.3, -0.25) is 9.59 Å². The van der Waals surface area contributed by atoms with Gasteiger partial charge in [0, 0.05) is 11.1 Å². The molecule has 0 aliphatic heterocycles. The van der Waals surface area contributed by atoms with Crippen LogP contribution < -0.4 is 10.6 Å². The Morgan fingerprint density at radius 2 is 1.38 bits per heavy atom. The molecule has 146 valence electrons. The second kappa shape index (κ2) is 9.43. The number of nitrogens with zero attached hydrogens (tertiary/aromatic N) is 1. The van der Waals surface area contributed by atoms with Crippen LogP contribution in [0.5, 0.6) is 0 Å². The van der Waals surface area contributed by atoms with Crippen molar-refractivity contribution in [2.45, 2.75) is 6.61 Å². The summed E-state index contributed by atoms with van der Waals surface area (Å²) in [4.78, 5) is 39.0. The zero-order valence-corrected chi connectivity index (χ0v) is 15.7. The predicted molar refractivity (Wildman–Crippen MR) is 109 cm³/mol. The third-order valence-electron chi connectivity index (χ3n) is 4.24. The number of carbonyl (C=O) groups excluding carboxylic acids is 3. The third-order valence-corrected chi connectivity index (χ3v) is 4.24. The molecule has 0 saturated carbocycles. The first-order valence-electron chi connectivity index (χ1n) is 9.04. The van der Waals surface area contributed by atoms with Gasteiger partial charge in [-0.1, -0.05) is 72.8 Å². The van der Waals surface area contributed by atoms with Gasteiger partial charge in [-0.05, 0) is 17.7 Å². The van der Waals surface area contributed by atoms with E-state index in [9.17, 15) is 14.4 Å². The molecule has 0 aromatic heterocycles. The van der Waals surface area contributed by atoms with Crippen molar-refractivity contribution >= 4 is 23.5 Å². The summed E-state index contributed by atoms with van der Waals surface area (Å²) in [5.41, 5.74) is 7.06. The van der Waals surface area contributed by atoms with Crippen molar-refractivity contribution in [3.05, 3.63) is 102 Å². The largest absolute Gasteiger partial charge is 0.444 e. The topological polar surface area (TPSA) is 89.7 Å². The van der Waals surface area contributed by atoms with E-state index in [0.29, 0.717) is 5.56 Å². The normalized spacial score (nSPS) is 10.2. The summed E-state index contributed by atoms with van der Waals surface area (Å²) >= 11 is 0. The zero-order valence-electron chi connectivity index (χ0n) is 15.7. The summed E-state index contributed by atoms with van der Waals surface area (Å²) in [7, 11) is 0. The van der Waals surface area contributed by atoms with Crippen molar-refractivity contribution in [3.8, 4) is 0 Å². The number of nitrogens with two attached hydrogens (primary N) is 1. The summed E-state index contributed by atoms with van der Waals surface area (Å²) < 4.78 is 5.31. The SMILES string of the molecule is NCC(=O)N(C(=O)OCc1ccccc1)c1ccccc1C(=O)c1ccccc1. The van der Waals surface area contributed by atoms with Crippen molar-refractivity contribution in [2.75, 3.05) is 11.4 Å². The number of imide groups is 1. The maximum absolute atomic E-state index is 13.0. The predicted octanol–water partition coefficient (Wildman–Crippen LogP) is 3.55. The van der Waals surface area contributed by atoms with Gasteiger partial charge in [-0.25, -0.2) is 9.69 Å². The Morgan fingerprint density at radius 3 is 2.03 bits per heavy atom. The minimum atomic E-state index is -0.891. The number of ether oxygens (including phenoxy) is 1. The number of ketones is 1. The minimum absolute atomic E-state index is 0.0111. The summed E-state index contributed by atoms with van der Waals surface area (Å²) in [6.07, 6.45) is -0.891. The lowest BCUT2D eigenvalue weighted by molar-refractivity contribution is -0.116. The van der Waals surface area contributed by atoms with Gasteiger partial charge in [0.15, 0.2) is 5.78 Å². The Morgan fingerprint density at radius 1 is 0.793 bits per heavy atom. The number of rotatable bonds is 6. The molecule has 0 bridgehead atoms. The summed E-state index contributed by atoms with van der Waals surface area (Å²) in [5, 5.41) is 0. The van der Waals surface area contributed by atoms with E-state index >= 15 is 0 Å². The Hall–Kier alpha value is -3.77. The highest BCUT2D eigenvalue weighted by atomic mass is 16.6. The maximum atomic E-state index is 13.0. The standard InChI is InChI=1S/C23H20N2O4/c24-15-21(26)25(23(28)29-16-17-9-3-1-4-10-17)20-14-8-7-13-19(20)22(27)18-11-5-2-6-12-18/h1-14H,15-16,24H2. The Labute approximate surface area is 168 Å². The van der Waals surface area contributed by atoms with Crippen LogP contribution in [-0.4, -0.2) is 24.3 Å². The van der Waals surface area contributed by atoms with Gasteiger partial charge >= 0.3 is 6.09 Å². The molecule has 2 N–H and O–H groups in total. The number of carbonyl (C=O) groups is 3. The van der Waals surface area contributed by atoms with Crippen LogP contribution in [0.4, 0.5) is 10.5 Å². The van der Waals surface area contributed by atoms with E-state index in [0.717, 1.165) is 10.5 Å². The van der Waals surface area contributed by atoms with Gasteiger partial charge in [0.2, 0.25) is 5.91 Å². The fourth-order valence-corrected chi connectivity index (χ4v) is 2.82. The highest BCUT2D eigenvalue weighted by molar-refractivity contribution is 6.19. The first-order chi connectivity index (χ1) is 14.1. The van der Waals surface area contributed by atoms with Gasteiger partial charge in [0.1, 0.15) is 6.61 Å². The molecule has 0 fully saturated rings. The van der Waals surface area contributed by atoms with Crippen LogP contribution in [0, 0.1) is 0 Å². The lowest BCUT2D eigenvalue weighted by Crippen LogP contribution is -2.42. The second-order valence-electron chi connectivity index (χ2n) is 6.19. The fourth-order valence-electron chi connectivity index (χ4n) is 2.82. The highest BCUT2D eigenvalue weighted by Crippen LogP contribution is 2.24. The van der Waals surface area contributed by atoms with Crippen LogP contribution in [0.3, 0.4) is 0 Å². The summed E-state index contributed by atoms with van der Waals surface area (Å²) in [6, 6.07) is 24.1. The van der Waals surface area contributed by atoms with E-state index in [1.54, 1.807) is 60.7 Å². The average molecular weight is 388 g/mol. The molecule has 0 aliphatic carbocycles. The van der Waals surface area contributed by atoms with Crippen LogP contribution in [0.2, 0.25) is 0 Å². The number of hydrogen-bond donors (Lipinski definition) is 1. The lowest BCUT2D eigenvalue weighted by Gasteiger charge is -2.22. The quantitative estimate of drug-likeness (QED) is 0.652. The van der Waals surface area contributed by atoms with Crippen LogP contribution >= 0.6 is 0 Å². The fraction of sp³-hybridized carbons (Fsp3) is 0.0870. The molecule has 3 aromatic rings. The zero-order chi connectivity index (χ0) is 20.6. The van der Waals surface area contributed by atoms with Crippen molar-refractivity contribution < 1.29 is 19.1 Å². The van der Waals surface area contributed by atoms with E-state index in [1.807, 2.05) is 18.2 Å². The molecular formula is C23H20N2O4. The highest BCUT2D eigenvalue weighted by Gasteiger charge is 2.28. The number of para-hydroxylation sites is 1. The lowest BCUT2D eigenvalue weighted by atomic mass is 10.0. The number of benzene rings is 3. The van der Waals surface area contributed by atoms with Gasteiger partial charge in [0.25, 0.3) is 0 Å². The first kappa shape index (κ1) is 20.0. The van der Waals surface area contributed by atoms with Crippen LogP contribution in [-0.2, 0) is 16.1 Å². The van der Waals surface area contributed by atoms with Crippen LogP contribution in [0.1, 0.15) is 21.5 Å². The molecule has 0 saturated heterocycles. The summed E-state index contributed by atoms with van der Waals surface area (Å²) in [5.74, 6) is -0.983. The Kier molecular flexibility index (Phi) is 6.50. The van der Waals surface area contributed by atoms with Crippen molar-refractivity contribution in [1.82, 2.24) is 0 Å². The second-order valence-corrected chi connectivity index (χ2v) is 6.19. The van der Waals surface area contributed by atoms with Crippen molar-refractivity contribution in [2.24, 2.45) is 5.73 Å². The van der Waals surface area contributed by atoms with E-state index in [-0.39, 0.29) is 23.6 Å². The molecule has 3 aromatic carbocycles. The minimum Gasteiger partial charge on any atom is -0.444 e. The molecule has 29 heavy (non-hydrogen) atoms. The monoisotopic (exact) mass is 388 g/mol. The molecule has 0 unspecified atom stereocenters. The van der Waals surface area contributed by atoms with Gasteiger partial charge < -0.3 is 10.5 Å². The number of amides is 2. The molecule has 3 rings (SSSR count). The smallest absolute Gasteiger partial charge is 0.421 e. The molecule has 0 spiro atoms. The van der Waals surface area contributed by atoms with Crippen LogP contribution in [0.15, 0.2) is 84.9 Å². The molecule has 2 amide bonds. The number of hydrogen-bond acceptors (Lipinski definition) is 5. The molecule has 0 aliphatic rings. The van der Waals surface area contributed by atoms with Gasteiger partial charge in [0.05, 0.1) is 12.2 Å². The summed E-state index contributed by atoms with van der Waals surface area (Å²) in [6.45, 7) is -0.420. The molecule has 0 radical (unpaired) electrons. The van der Waals surface area contributed by atoms with Gasteiger partial charge in [-0.2, -0.15) is 0 Å². The van der Waals surface area contributed by atoms with E-state index in [4.69, 9.17) is 10.5 Å². The maximum Gasteiger partial charge on any atom is 0.421 e. The van der Waals surface area contributed by atoms with Gasteiger partial charge in [-0.15, -0.1) is 0 Å². The van der Waals surface area contributed by atoms with Crippen LogP contribution in [0.25, 0.3) is 0 Å². The molecule has 0 atom stereocenters. The number of anilines is 1. The Balaban J connectivity index is 1.92. The van der Waals surface area contributed by atoms with Crippen molar-refractivity contribution in [3.63, 3.8) is 0 Å². The van der Waals surface area contributed by atoms with Crippen molar-refractivity contribution in [1.29, 1.82) is 0 Å². The van der Waals surface area contributed by atoms with E-state index in [1.165, 1.54) is 6.07 Å². The average Bonchev–Trinajstić information content (AvgIpc) is 2.79.